The summed E-state index contributed by atoms with van der Waals surface area (Å²) in [5.74, 6) is -0.814. The Balaban J connectivity index is 2.01. The lowest BCUT2D eigenvalue weighted by Crippen LogP contribution is -2.41. The van der Waals surface area contributed by atoms with Gasteiger partial charge in [-0.2, -0.15) is 0 Å². The van der Waals surface area contributed by atoms with Gasteiger partial charge in [-0.25, -0.2) is 8.42 Å². The van der Waals surface area contributed by atoms with Gasteiger partial charge >= 0.3 is 0 Å². The van der Waals surface area contributed by atoms with Gasteiger partial charge in [-0.3, -0.25) is 4.79 Å². The van der Waals surface area contributed by atoms with E-state index in [9.17, 15) is 13.2 Å². The summed E-state index contributed by atoms with van der Waals surface area (Å²) in [5, 5.41) is 4.29. The van der Waals surface area contributed by atoms with Crippen molar-refractivity contribution < 1.29 is 17.6 Å². The predicted octanol–water partition coefficient (Wildman–Crippen LogP) is 4.95. The molecule has 1 aromatic heterocycles. The fourth-order valence-corrected chi connectivity index (χ4v) is 4.09. The van der Waals surface area contributed by atoms with Gasteiger partial charge in [0.1, 0.15) is 5.58 Å². The quantitative estimate of drug-likeness (QED) is 0.609. The molecule has 1 amide bonds. The zero-order valence-corrected chi connectivity index (χ0v) is 17.9. The van der Waals surface area contributed by atoms with Crippen LogP contribution in [0.4, 0.5) is 0 Å². The van der Waals surface area contributed by atoms with Crippen LogP contribution in [0, 0.1) is 0 Å². The molecule has 1 N–H and O–H groups in total. The average molecular weight is 440 g/mol. The molecule has 28 heavy (non-hydrogen) atoms. The Labute approximate surface area is 173 Å². The standard InChI is InChI=1S/C20H19Cl2NO4S/c1-20(2,12-8-9-15(21)16(22)10-12)23-19(24)18-14(11-28(3,25)26)13-6-4-5-7-17(13)27-18/h4-10H,11H2,1-3H3,(H,23,24). The lowest BCUT2D eigenvalue weighted by atomic mass is 9.94. The van der Waals surface area contributed by atoms with Gasteiger partial charge in [-0.05, 0) is 37.6 Å². The van der Waals surface area contributed by atoms with E-state index in [1.54, 1.807) is 42.5 Å². The molecule has 0 aliphatic rings. The molecule has 0 bridgehead atoms. The smallest absolute Gasteiger partial charge is 0.288 e. The van der Waals surface area contributed by atoms with Gasteiger partial charge < -0.3 is 9.73 Å². The minimum Gasteiger partial charge on any atom is -0.451 e. The zero-order valence-electron chi connectivity index (χ0n) is 15.5. The van der Waals surface area contributed by atoms with E-state index in [2.05, 4.69) is 5.32 Å². The highest BCUT2D eigenvalue weighted by Crippen LogP contribution is 2.31. The average Bonchev–Trinajstić information content (AvgIpc) is 2.94. The van der Waals surface area contributed by atoms with Crippen molar-refractivity contribution in [3.05, 3.63) is 69.4 Å². The van der Waals surface area contributed by atoms with Crippen molar-refractivity contribution in [1.82, 2.24) is 5.32 Å². The first-order chi connectivity index (χ1) is 13.0. The third-order valence-electron chi connectivity index (χ3n) is 4.38. The number of halogens is 2. The largest absolute Gasteiger partial charge is 0.451 e. The van der Waals surface area contributed by atoms with Gasteiger partial charge in [-0.1, -0.05) is 47.5 Å². The number of fused-ring (bicyclic) bond motifs is 1. The highest BCUT2D eigenvalue weighted by atomic mass is 35.5. The molecular weight excluding hydrogens is 421 g/mol. The molecule has 5 nitrogen and oxygen atoms in total. The van der Waals surface area contributed by atoms with Crippen LogP contribution in [-0.4, -0.2) is 20.6 Å². The highest BCUT2D eigenvalue weighted by Gasteiger charge is 2.29. The Morgan fingerprint density at radius 1 is 1.11 bits per heavy atom. The number of nitrogens with one attached hydrogen (secondary N) is 1. The van der Waals surface area contributed by atoms with Gasteiger partial charge in [0.15, 0.2) is 15.6 Å². The van der Waals surface area contributed by atoms with Crippen molar-refractivity contribution in [1.29, 1.82) is 0 Å². The second-order valence-corrected chi connectivity index (χ2v) is 10.1. The third-order valence-corrected chi connectivity index (χ3v) is 5.93. The number of carbonyl (C=O) groups is 1. The van der Waals surface area contributed by atoms with Gasteiger partial charge in [0, 0.05) is 17.2 Å². The Hall–Kier alpha value is -2.02. The second kappa shape index (κ2) is 7.43. The summed E-state index contributed by atoms with van der Waals surface area (Å²) in [7, 11) is -3.37. The minimum atomic E-state index is -3.37. The maximum absolute atomic E-state index is 13.0. The summed E-state index contributed by atoms with van der Waals surface area (Å²) in [4.78, 5) is 13.0. The van der Waals surface area contributed by atoms with Crippen LogP contribution in [0.2, 0.25) is 10.0 Å². The molecule has 0 radical (unpaired) electrons. The Morgan fingerprint density at radius 2 is 1.79 bits per heavy atom. The lowest BCUT2D eigenvalue weighted by molar-refractivity contribution is 0.0884. The number of furan rings is 1. The first kappa shape index (κ1) is 20.7. The van der Waals surface area contributed by atoms with Crippen LogP contribution in [0.5, 0.6) is 0 Å². The van der Waals surface area contributed by atoms with E-state index in [1.807, 2.05) is 13.8 Å². The van der Waals surface area contributed by atoms with E-state index in [-0.39, 0.29) is 11.5 Å². The van der Waals surface area contributed by atoms with Crippen LogP contribution < -0.4 is 5.32 Å². The van der Waals surface area contributed by atoms with Crippen molar-refractivity contribution in [3.63, 3.8) is 0 Å². The van der Waals surface area contributed by atoms with E-state index >= 15 is 0 Å². The third kappa shape index (κ3) is 4.35. The maximum Gasteiger partial charge on any atom is 0.288 e. The molecule has 0 atom stereocenters. The predicted molar refractivity (Wildman–Crippen MR) is 112 cm³/mol. The molecule has 0 aliphatic carbocycles. The highest BCUT2D eigenvalue weighted by molar-refractivity contribution is 7.89. The van der Waals surface area contributed by atoms with E-state index in [0.29, 0.717) is 26.6 Å². The molecule has 0 spiro atoms. The number of benzene rings is 2. The molecule has 148 valence electrons. The molecule has 2 aromatic carbocycles. The zero-order chi connectivity index (χ0) is 20.7. The van der Waals surface area contributed by atoms with Crippen LogP contribution in [0.1, 0.15) is 35.5 Å². The van der Waals surface area contributed by atoms with Crippen LogP contribution in [0.25, 0.3) is 11.0 Å². The van der Waals surface area contributed by atoms with E-state index in [1.165, 1.54) is 0 Å². The number of sulfone groups is 1. The summed E-state index contributed by atoms with van der Waals surface area (Å²) in [6.07, 6.45) is 1.12. The molecule has 0 saturated carbocycles. The number of hydrogen-bond acceptors (Lipinski definition) is 4. The second-order valence-electron chi connectivity index (χ2n) is 7.18. The van der Waals surface area contributed by atoms with Gasteiger partial charge in [0.05, 0.1) is 21.3 Å². The van der Waals surface area contributed by atoms with Crippen LogP contribution >= 0.6 is 23.2 Å². The van der Waals surface area contributed by atoms with E-state index in [4.69, 9.17) is 27.6 Å². The SMILES string of the molecule is CC(C)(NC(=O)c1oc2ccccc2c1CS(C)(=O)=O)c1ccc(Cl)c(Cl)c1. The van der Waals surface area contributed by atoms with Crippen LogP contribution in [-0.2, 0) is 21.1 Å². The lowest BCUT2D eigenvalue weighted by Gasteiger charge is -2.27. The molecule has 3 rings (SSSR count). The molecule has 0 fully saturated rings. The number of para-hydroxylation sites is 1. The monoisotopic (exact) mass is 439 g/mol. The molecule has 0 saturated heterocycles. The van der Waals surface area contributed by atoms with Crippen molar-refractivity contribution in [2.75, 3.05) is 6.26 Å². The molecule has 8 heteroatoms. The molecule has 0 unspecified atom stereocenters. The van der Waals surface area contributed by atoms with Gasteiger partial charge in [-0.15, -0.1) is 0 Å². The molecule has 0 aliphatic heterocycles. The Bertz CT molecular complexity index is 1170. The minimum absolute atomic E-state index is 0.0141. The normalized spacial score (nSPS) is 12.3. The van der Waals surface area contributed by atoms with Gasteiger partial charge in [0.2, 0.25) is 0 Å². The van der Waals surface area contributed by atoms with Gasteiger partial charge in [0.25, 0.3) is 5.91 Å². The van der Waals surface area contributed by atoms with Crippen molar-refractivity contribution >= 4 is 49.9 Å². The number of amides is 1. The molecule has 1 heterocycles. The van der Waals surface area contributed by atoms with E-state index < -0.39 is 21.3 Å². The topological polar surface area (TPSA) is 76.4 Å². The first-order valence-corrected chi connectivity index (χ1v) is 11.3. The van der Waals surface area contributed by atoms with Crippen molar-refractivity contribution in [3.8, 4) is 0 Å². The fourth-order valence-electron chi connectivity index (χ4n) is 2.99. The Kier molecular flexibility index (Phi) is 5.49. The summed E-state index contributed by atoms with van der Waals surface area (Å²) in [6, 6.07) is 12.1. The summed E-state index contributed by atoms with van der Waals surface area (Å²) >= 11 is 12.1. The fraction of sp³-hybridized carbons (Fsp3) is 0.250. The Morgan fingerprint density at radius 3 is 2.43 bits per heavy atom. The van der Waals surface area contributed by atoms with E-state index in [0.717, 1.165) is 11.8 Å². The van der Waals surface area contributed by atoms with Crippen LogP contribution in [0.15, 0.2) is 46.9 Å². The summed E-state index contributed by atoms with van der Waals surface area (Å²) in [5.41, 5.74) is 0.752. The summed E-state index contributed by atoms with van der Waals surface area (Å²) in [6.45, 7) is 3.62. The first-order valence-electron chi connectivity index (χ1n) is 8.44. The van der Waals surface area contributed by atoms with Crippen LogP contribution in [0.3, 0.4) is 0 Å². The number of rotatable bonds is 5. The molecule has 3 aromatic rings. The maximum atomic E-state index is 13.0. The number of hydrogen-bond donors (Lipinski definition) is 1. The molecular formula is C20H19Cl2NO4S. The van der Waals surface area contributed by atoms with Crippen molar-refractivity contribution in [2.45, 2.75) is 25.1 Å². The number of carbonyl (C=O) groups excluding carboxylic acids is 1. The van der Waals surface area contributed by atoms with Crippen molar-refractivity contribution in [2.24, 2.45) is 0 Å². The summed E-state index contributed by atoms with van der Waals surface area (Å²) < 4.78 is 29.5.